The van der Waals surface area contributed by atoms with E-state index in [4.69, 9.17) is 15.2 Å². The summed E-state index contributed by atoms with van der Waals surface area (Å²) < 4.78 is 11.2. The van der Waals surface area contributed by atoms with E-state index in [1.807, 2.05) is 32.0 Å². The van der Waals surface area contributed by atoms with Crippen LogP contribution >= 0.6 is 0 Å². The molecule has 0 amide bonds. The predicted octanol–water partition coefficient (Wildman–Crippen LogP) is 2.65. The molecule has 1 heterocycles. The lowest BCUT2D eigenvalue weighted by Crippen LogP contribution is -2.18. The quantitative estimate of drug-likeness (QED) is 0.789. The Hall–Kier alpha value is -1.42. The molecule has 0 bridgehead atoms. The highest BCUT2D eigenvalue weighted by Gasteiger charge is 2.15. The van der Waals surface area contributed by atoms with Crippen molar-refractivity contribution in [1.82, 2.24) is 0 Å². The van der Waals surface area contributed by atoms with E-state index in [-0.39, 0.29) is 6.10 Å². The molecule has 1 unspecified atom stereocenters. The van der Waals surface area contributed by atoms with Crippen molar-refractivity contribution < 1.29 is 9.47 Å². The SMILES string of the molecule is CC(C)Oc1cc(N)cc(NCC2CCCO2)c1. The molecular formula is C14H22N2O2. The van der Waals surface area contributed by atoms with Gasteiger partial charge in [0.15, 0.2) is 0 Å². The summed E-state index contributed by atoms with van der Waals surface area (Å²) in [5.41, 5.74) is 7.57. The van der Waals surface area contributed by atoms with Crippen LogP contribution in [0.1, 0.15) is 26.7 Å². The van der Waals surface area contributed by atoms with Crippen LogP contribution in [0, 0.1) is 0 Å². The number of hydrogen-bond donors (Lipinski definition) is 2. The minimum absolute atomic E-state index is 0.151. The van der Waals surface area contributed by atoms with Crippen LogP contribution in [-0.2, 0) is 4.74 Å². The lowest BCUT2D eigenvalue weighted by molar-refractivity contribution is 0.120. The number of benzene rings is 1. The van der Waals surface area contributed by atoms with Crippen LogP contribution in [0.4, 0.5) is 11.4 Å². The average molecular weight is 250 g/mol. The number of nitrogen functional groups attached to an aromatic ring is 1. The van der Waals surface area contributed by atoms with Gasteiger partial charge < -0.3 is 20.5 Å². The van der Waals surface area contributed by atoms with Crippen molar-refractivity contribution in [3.05, 3.63) is 18.2 Å². The summed E-state index contributed by atoms with van der Waals surface area (Å²) in [6, 6.07) is 5.74. The van der Waals surface area contributed by atoms with E-state index in [2.05, 4.69) is 5.32 Å². The zero-order valence-electron chi connectivity index (χ0n) is 11.1. The minimum Gasteiger partial charge on any atom is -0.491 e. The molecule has 1 fully saturated rings. The Morgan fingerprint density at radius 3 is 2.94 bits per heavy atom. The minimum atomic E-state index is 0.151. The summed E-state index contributed by atoms with van der Waals surface area (Å²) >= 11 is 0. The fourth-order valence-corrected chi connectivity index (χ4v) is 2.10. The van der Waals surface area contributed by atoms with Crippen LogP contribution in [0.2, 0.25) is 0 Å². The first-order valence-electron chi connectivity index (χ1n) is 6.56. The van der Waals surface area contributed by atoms with E-state index in [9.17, 15) is 0 Å². The molecule has 0 aliphatic carbocycles. The van der Waals surface area contributed by atoms with E-state index < -0.39 is 0 Å². The highest BCUT2D eigenvalue weighted by atomic mass is 16.5. The molecule has 0 spiro atoms. The average Bonchev–Trinajstić information content (AvgIpc) is 2.77. The third-order valence-electron chi connectivity index (χ3n) is 2.86. The highest BCUT2D eigenvalue weighted by Crippen LogP contribution is 2.24. The van der Waals surface area contributed by atoms with Gasteiger partial charge in [0.05, 0.1) is 12.2 Å². The molecular weight excluding hydrogens is 228 g/mol. The van der Waals surface area contributed by atoms with Gasteiger partial charge in [-0.1, -0.05) is 0 Å². The van der Waals surface area contributed by atoms with Gasteiger partial charge >= 0.3 is 0 Å². The molecule has 2 rings (SSSR count). The van der Waals surface area contributed by atoms with Crippen LogP contribution in [0.25, 0.3) is 0 Å². The normalized spacial score (nSPS) is 19.2. The first kappa shape index (κ1) is 13.0. The van der Waals surface area contributed by atoms with Gasteiger partial charge in [0.2, 0.25) is 0 Å². The maximum absolute atomic E-state index is 5.87. The van der Waals surface area contributed by atoms with E-state index >= 15 is 0 Å². The van der Waals surface area contributed by atoms with Crippen molar-refractivity contribution in [2.45, 2.75) is 38.9 Å². The smallest absolute Gasteiger partial charge is 0.123 e. The molecule has 0 aromatic heterocycles. The van der Waals surface area contributed by atoms with Gasteiger partial charge in [-0.25, -0.2) is 0 Å². The van der Waals surface area contributed by atoms with Gasteiger partial charge in [-0.05, 0) is 32.8 Å². The second kappa shape index (κ2) is 5.96. The molecule has 18 heavy (non-hydrogen) atoms. The summed E-state index contributed by atoms with van der Waals surface area (Å²) in [5, 5.41) is 3.36. The van der Waals surface area contributed by atoms with Crippen molar-refractivity contribution >= 4 is 11.4 Å². The molecule has 100 valence electrons. The van der Waals surface area contributed by atoms with Crippen LogP contribution in [0.15, 0.2) is 18.2 Å². The Morgan fingerprint density at radius 2 is 2.28 bits per heavy atom. The van der Waals surface area contributed by atoms with Crippen LogP contribution in [-0.4, -0.2) is 25.4 Å². The second-order valence-electron chi connectivity index (χ2n) is 4.97. The monoisotopic (exact) mass is 250 g/mol. The molecule has 4 heteroatoms. The number of nitrogens with two attached hydrogens (primary N) is 1. The standard InChI is InChI=1S/C14H22N2O2/c1-10(2)18-14-7-11(15)6-12(8-14)16-9-13-4-3-5-17-13/h6-8,10,13,16H,3-5,9,15H2,1-2H3. The van der Waals surface area contributed by atoms with Gasteiger partial charge in [0.1, 0.15) is 5.75 Å². The Kier molecular flexibility index (Phi) is 4.31. The molecule has 1 aliphatic rings. The van der Waals surface area contributed by atoms with Crippen LogP contribution in [0.5, 0.6) is 5.75 Å². The number of nitrogens with one attached hydrogen (secondary N) is 1. The molecule has 1 aliphatic heterocycles. The summed E-state index contributed by atoms with van der Waals surface area (Å²) in [4.78, 5) is 0. The van der Waals surface area contributed by atoms with Gasteiger partial charge in [-0.15, -0.1) is 0 Å². The molecule has 3 N–H and O–H groups in total. The van der Waals surface area contributed by atoms with E-state index in [0.717, 1.165) is 37.4 Å². The predicted molar refractivity (Wildman–Crippen MR) is 74.1 cm³/mol. The Morgan fingerprint density at radius 1 is 1.44 bits per heavy atom. The largest absolute Gasteiger partial charge is 0.491 e. The van der Waals surface area contributed by atoms with Gasteiger partial charge in [-0.3, -0.25) is 0 Å². The number of hydrogen-bond acceptors (Lipinski definition) is 4. The van der Waals surface area contributed by atoms with Crippen LogP contribution in [0.3, 0.4) is 0 Å². The van der Waals surface area contributed by atoms with Crippen LogP contribution < -0.4 is 15.8 Å². The van der Waals surface area contributed by atoms with Crippen molar-refractivity contribution in [3.8, 4) is 5.75 Å². The fraction of sp³-hybridized carbons (Fsp3) is 0.571. The zero-order valence-corrected chi connectivity index (χ0v) is 11.1. The number of rotatable bonds is 5. The zero-order chi connectivity index (χ0) is 13.0. The molecule has 0 radical (unpaired) electrons. The Balaban J connectivity index is 1.96. The van der Waals surface area contributed by atoms with E-state index in [1.165, 1.54) is 0 Å². The second-order valence-corrected chi connectivity index (χ2v) is 4.97. The first-order valence-corrected chi connectivity index (χ1v) is 6.56. The van der Waals surface area contributed by atoms with E-state index in [1.54, 1.807) is 0 Å². The summed E-state index contributed by atoms with van der Waals surface area (Å²) in [6.07, 6.45) is 2.76. The fourth-order valence-electron chi connectivity index (χ4n) is 2.10. The van der Waals surface area contributed by atoms with Crippen molar-refractivity contribution in [2.24, 2.45) is 0 Å². The molecule has 0 saturated carbocycles. The summed E-state index contributed by atoms with van der Waals surface area (Å²) in [7, 11) is 0. The Bertz CT molecular complexity index is 387. The molecule has 1 saturated heterocycles. The van der Waals surface area contributed by atoms with E-state index in [0.29, 0.717) is 11.8 Å². The summed E-state index contributed by atoms with van der Waals surface area (Å²) in [6.45, 7) is 5.71. The van der Waals surface area contributed by atoms with Gasteiger partial charge in [-0.2, -0.15) is 0 Å². The number of ether oxygens (including phenoxy) is 2. The molecule has 1 atom stereocenters. The lowest BCUT2D eigenvalue weighted by atomic mass is 10.2. The maximum atomic E-state index is 5.87. The third-order valence-corrected chi connectivity index (χ3v) is 2.86. The van der Waals surface area contributed by atoms with Gasteiger partial charge in [0, 0.05) is 36.7 Å². The molecule has 4 nitrogen and oxygen atoms in total. The third kappa shape index (κ3) is 3.81. The highest BCUT2D eigenvalue weighted by molar-refractivity contribution is 5.59. The van der Waals surface area contributed by atoms with Crippen molar-refractivity contribution in [1.29, 1.82) is 0 Å². The van der Waals surface area contributed by atoms with Gasteiger partial charge in [0.25, 0.3) is 0 Å². The van der Waals surface area contributed by atoms with Crippen molar-refractivity contribution in [3.63, 3.8) is 0 Å². The molecule has 1 aromatic rings. The lowest BCUT2D eigenvalue weighted by Gasteiger charge is -2.15. The maximum Gasteiger partial charge on any atom is 0.123 e. The topological polar surface area (TPSA) is 56.5 Å². The Labute approximate surface area is 108 Å². The number of anilines is 2. The summed E-state index contributed by atoms with van der Waals surface area (Å²) in [5.74, 6) is 0.805. The first-order chi connectivity index (χ1) is 8.63. The molecule has 1 aromatic carbocycles. The van der Waals surface area contributed by atoms with Crippen molar-refractivity contribution in [2.75, 3.05) is 24.2 Å².